The number of nitrogens with zero attached hydrogens (tertiary/aromatic N) is 3. The lowest BCUT2D eigenvalue weighted by Crippen LogP contribution is -2.30. The van der Waals surface area contributed by atoms with Crippen LogP contribution in [0.1, 0.15) is 36.5 Å². The van der Waals surface area contributed by atoms with Crippen molar-refractivity contribution in [3.8, 4) is 0 Å². The standard InChI is InChI=1S/C13H21N3O3/c1-5-10-9-11(16(4)14-10)13(18)15(3)8-7-12(17)19-6-2/h9H,5-8H2,1-4H3. The third-order valence-corrected chi connectivity index (χ3v) is 2.82. The van der Waals surface area contributed by atoms with Crippen LogP contribution >= 0.6 is 0 Å². The van der Waals surface area contributed by atoms with E-state index in [2.05, 4.69) is 5.10 Å². The van der Waals surface area contributed by atoms with Crippen LogP contribution in [0.3, 0.4) is 0 Å². The highest BCUT2D eigenvalue weighted by Gasteiger charge is 2.17. The zero-order chi connectivity index (χ0) is 14.4. The summed E-state index contributed by atoms with van der Waals surface area (Å²) in [5, 5.41) is 4.23. The summed E-state index contributed by atoms with van der Waals surface area (Å²) in [5.41, 5.74) is 1.41. The number of ether oxygens (including phenoxy) is 1. The number of amides is 1. The minimum atomic E-state index is -0.290. The van der Waals surface area contributed by atoms with Crippen molar-refractivity contribution in [3.63, 3.8) is 0 Å². The molecule has 1 rings (SSSR count). The molecule has 1 amide bonds. The molecule has 0 saturated heterocycles. The van der Waals surface area contributed by atoms with Crippen molar-refractivity contribution in [2.45, 2.75) is 26.7 Å². The van der Waals surface area contributed by atoms with Crippen molar-refractivity contribution in [2.75, 3.05) is 20.2 Å². The predicted octanol–water partition coefficient (Wildman–Crippen LogP) is 1.01. The molecule has 0 radical (unpaired) electrons. The van der Waals surface area contributed by atoms with Crippen LogP contribution in [0.5, 0.6) is 0 Å². The Morgan fingerprint density at radius 3 is 2.63 bits per heavy atom. The Hall–Kier alpha value is -1.85. The molecule has 0 N–H and O–H groups in total. The molecular formula is C13H21N3O3. The molecule has 0 saturated carbocycles. The minimum absolute atomic E-state index is 0.140. The summed E-state index contributed by atoms with van der Waals surface area (Å²) in [5.74, 6) is -0.430. The molecule has 0 aliphatic heterocycles. The topological polar surface area (TPSA) is 64.4 Å². The van der Waals surface area contributed by atoms with Crippen LogP contribution in [0.25, 0.3) is 0 Å². The first kappa shape index (κ1) is 15.2. The first-order valence-electron chi connectivity index (χ1n) is 6.43. The summed E-state index contributed by atoms with van der Waals surface area (Å²) in [6.07, 6.45) is 0.988. The number of hydrogen-bond acceptors (Lipinski definition) is 4. The summed E-state index contributed by atoms with van der Waals surface area (Å²) in [6.45, 7) is 4.44. The molecule has 6 nitrogen and oxygen atoms in total. The fourth-order valence-electron chi connectivity index (χ4n) is 1.69. The highest BCUT2D eigenvalue weighted by Crippen LogP contribution is 2.07. The van der Waals surface area contributed by atoms with Gasteiger partial charge in [-0.15, -0.1) is 0 Å². The van der Waals surface area contributed by atoms with Crippen molar-refractivity contribution in [3.05, 3.63) is 17.5 Å². The van der Waals surface area contributed by atoms with Gasteiger partial charge in [0.05, 0.1) is 18.7 Å². The summed E-state index contributed by atoms with van der Waals surface area (Å²) < 4.78 is 6.40. The number of aryl methyl sites for hydroxylation is 2. The van der Waals surface area contributed by atoms with Crippen LogP contribution in [-0.4, -0.2) is 46.8 Å². The number of hydrogen-bond donors (Lipinski definition) is 0. The van der Waals surface area contributed by atoms with Gasteiger partial charge in [-0.2, -0.15) is 5.10 Å². The molecule has 0 unspecified atom stereocenters. The smallest absolute Gasteiger partial charge is 0.307 e. The Kier molecular flexibility index (Phi) is 5.54. The predicted molar refractivity (Wildman–Crippen MR) is 70.8 cm³/mol. The van der Waals surface area contributed by atoms with Gasteiger partial charge in [0.15, 0.2) is 0 Å². The van der Waals surface area contributed by atoms with Crippen LogP contribution in [0.4, 0.5) is 0 Å². The van der Waals surface area contributed by atoms with Crippen molar-refractivity contribution in [1.82, 2.24) is 14.7 Å². The molecule has 0 spiro atoms. The van der Waals surface area contributed by atoms with Crippen molar-refractivity contribution < 1.29 is 14.3 Å². The van der Waals surface area contributed by atoms with E-state index in [0.29, 0.717) is 18.8 Å². The van der Waals surface area contributed by atoms with Crippen molar-refractivity contribution in [2.24, 2.45) is 7.05 Å². The highest BCUT2D eigenvalue weighted by molar-refractivity contribution is 5.92. The third kappa shape index (κ3) is 4.08. The second-order valence-corrected chi connectivity index (χ2v) is 4.28. The van der Waals surface area contributed by atoms with Gasteiger partial charge in [-0.05, 0) is 19.4 Å². The second kappa shape index (κ2) is 6.92. The number of carbonyl (C=O) groups is 2. The van der Waals surface area contributed by atoms with E-state index in [4.69, 9.17) is 4.74 Å². The molecule has 0 bridgehead atoms. The van der Waals surface area contributed by atoms with Gasteiger partial charge in [-0.25, -0.2) is 0 Å². The van der Waals surface area contributed by atoms with E-state index in [-0.39, 0.29) is 18.3 Å². The maximum Gasteiger partial charge on any atom is 0.307 e. The Bertz CT molecular complexity index is 454. The maximum atomic E-state index is 12.2. The monoisotopic (exact) mass is 267 g/mol. The lowest BCUT2D eigenvalue weighted by Gasteiger charge is -2.16. The van der Waals surface area contributed by atoms with Crippen LogP contribution in [0.2, 0.25) is 0 Å². The third-order valence-electron chi connectivity index (χ3n) is 2.82. The lowest BCUT2D eigenvalue weighted by molar-refractivity contribution is -0.143. The number of aromatic nitrogens is 2. The minimum Gasteiger partial charge on any atom is -0.466 e. The zero-order valence-corrected chi connectivity index (χ0v) is 12.0. The van der Waals surface area contributed by atoms with Gasteiger partial charge in [0, 0.05) is 20.6 Å². The Balaban J connectivity index is 2.61. The molecule has 19 heavy (non-hydrogen) atoms. The summed E-state index contributed by atoms with van der Waals surface area (Å²) in [7, 11) is 3.41. The highest BCUT2D eigenvalue weighted by atomic mass is 16.5. The fraction of sp³-hybridized carbons (Fsp3) is 0.615. The molecular weight excluding hydrogens is 246 g/mol. The van der Waals surface area contributed by atoms with E-state index in [1.807, 2.05) is 6.92 Å². The first-order valence-corrected chi connectivity index (χ1v) is 6.43. The van der Waals surface area contributed by atoms with Gasteiger partial charge in [0.1, 0.15) is 5.69 Å². The van der Waals surface area contributed by atoms with Gasteiger partial charge in [-0.3, -0.25) is 14.3 Å². The molecule has 1 aromatic rings. The molecule has 0 fully saturated rings. The summed E-state index contributed by atoms with van der Waals surface area (Å²) in [4.78, 5) is 24.9. The maximum absolute atomic E-state index is 12.2. The van der Waals surface area contributed by atoms with E-state index in [1.165, 1.54) is 4.90 Å². The molecule has 6 heteroatoms. The van der Waals surface area contributed by atoms with Crippen molar-refractivity contribution in [1.29, 1.82) is 0 Å². The van der Waals surface area contributed by atoms with Crippen LogP contribution in [0, 0.1) is 0 Å². The van der Waals surface area contributed by atoms with Gasteiger partial charge in [0.25, 0.3) is 5.91 Å². The van der Waals surface area contributed by atoms with E-state index in [0.717, 1.165) is 12.1 Å². The van der Waals surface area contributed by atoms with Gasteiger partial charge in [0.2, 0.25) is 0 Å². The molecule has 0 aromatic carbocycles. The molecule has 0 aliphatic carbocycles. The van der Waals surface area contributed by atoms with Crippen LogP contribution in [-0.2, 0) is 23.0 Å². The zero-order valence-electron chi connectivity index (χ0n) is 12.0. The SMILES string of the molecule is CCOC(=O)CCN(C)C(=O)c1cc(CC)nn1C. The van der Waals surface area contributed by atoms with E-state index in [1.54, 1.807) is 31.8 Å². The van der Waals surface area contributed by atoms with Gasteiger partial charge < -0.3 is 9.64 Å². The molecule has 0 aliphatic rings. The van der Waals surface area contributed by atoms with E-state index >= 15 is 0 Å². The first-order chi connectivity index (χ1) is 8.99. The van der Waals surface area contributed by atoms with Crippen molar-refractivity contribution >= 4 is 11.9 Å². The number of carbonyl (C=O) groups excluding carboxylic acids is 2. The molecule has 0 atom stereocenters. The number of rotatable bonds is 6. The largest absolute Gasteiger partial charge is 0.466 e. The van der Waals surface area contributed by atoms with Crippen LogP contribution in [0.15, 0.2) is 6.07 Å². The Labute approximate surface area is 113 Å². The quantitative estimate of drug-likeness (QED) is 0.721. The average Bonchev–Trinajstić information content (AvgIpc) is 2.76. The van der Waals surface area contributed by atoms with Crippen LogP contribution < -0.4 is 0 Å². The van der Waals surface area contributed by atoms with E-state index < -0.39 is 0 Å². The normalized spacial score (nSPS) is 10.3. The molecule has 1 aromatic heterocycles. The van der Waals surface area contributed by atoms with Gasteiger partial charge >= 0.3 is 5.97 Å². The molecule has 1 heterocycles. The summed E-state index contributed by atoms with van der Waals surface area (Å²) in [6, 6.07) is 1.78. The fourth-order valence-corrected chi connectivity index (χ4v) is 1.69. The van der Waals surface area contributed by atoms with E-state index in [9.17, 15) is 9.59 Å². The lowest BCUT2D eigenvalue weighted by atomic mass is 10.3. The Morgan fingerprint density at radius 2 is 2.11 bits per heavy atom. The average molecular weight is 267 g/mol. The van der Waals surface area contributed by atoms with Gasteiger partial charge in [-0.1, -0.05) is 6.92 Å². The second-order valence-electron chi connectivity index (χ2n) is 4.28. The Morgan fingerprint density at radius 1 is 1.42 bits per heavy atom. The molecule has 106 valence electrons. The summed E-state index contributed by atoms with van der Waals surface area (Å²) >= 11 is 0. The number of esters is 1.